The van der Waals surface area contributed by atoms with Gasteiger partial charge in [-0.05, 0) is 17.7 Å². The Morgan fingerprint density at radius 3 is 2.89 bits per heavy atom. The third-order valence-electron chi connectivity index (χ3n) is 2.65. The lowest BCUT2D eigenvalue weighted by molar-refractivity contribution is 0.301. The number of aryl methyl sites for hydroxylation is 1. The van der Waals surface area contributed by atoms with E-state index in [9.17, 15) is 4.39 Å². The summed E-state index contributed by atoms with van der Waals surface area (Å²) in [5.41, 5.74) is 0.893. The second-order valence-electron chi connectivity index (χ2n) is 3.95. The van der Waals surface area contributed by atoms with Crippen LogP contribution in [0.4, 0.5) is 4.39 Å². The summed E-state index contributed by atoms with van der Waals surface area (Å²) in [7, 11) is 1.92. The number of rotatable bonds is 5. The molecule has 3 nitrogen and oxygen atoms in total. The quantitative estimate of drug-likeness (QED) is 0.793. The lowest BCUT2D eigenvalue weighted by atomic mass is 10.2. The second-order valence-corrected chi connectivity index (χ2v) is 4.51. The van der Waals surface area contributed by atoms with Crippen molar-refractivity contribution >= 4 is 15.9 Å². The summed E-state index contributed by atoms with van der Waals surface area (Å²) in [6.45, 7) is 0.412. The van der Waals surface area contributed by atoms with Gasteiger partial charge in [0, 0.05) is 31.2 Å². The number of halogens is 2. The van der Waals surface area contributed by atoms with Gasteiger partial charge in [0.25, 0.3) is 0 Å². The van der Waals surface area contributed by atoms with Crippen molar-refractivity contribution in [2.75, 3.05) is 6.61 Å². The van der Waals surface area contributed by atoms with Gasteiger partial charge in [0.05, 0.1) is 6.61 Å². The van der Waals surface area contributed by atoms with Crippen molar-refractivity contribution in [1.82, 2.24) is 9.55 Å². The van der Waals surface area contributed by atoms with Crippen molar-refractivity contribution in [3.8, 4) is 5.75 Å². The molecule has 2 rings (SSSR count). The van der Waals surface area contributed by atoms with Crippen LogP contribution in [-0.2, 0) is 18.8 Å². The van der Waals surface area contributed by atoms with Crippen LogP contribution in [0.5, 0.6) is 5.75 Å². The minimum absolute atomic E-state index is 0.286. The van der Waals surface area contributed by atoms with E-state index in [2.05, 4.69) is 20.9 Å². The van der Waals surface area contributed by atoms with Crippen molar-refractivity contribution < 1.29 is 9.13 Å². The molecule has 1 aromatic heterocycles. The molecule has 0 amide bonds. The zero-order valence-electron chi connectivity index (χ0n) is 10.1. The zero-order valence-corrected chi connectivity index (χ0v) is 11.7. The van der Waals surface area contributed by atoms with E-state index < -0.39 is 0 Å². The van der Waals surface area contributed by atoms with Gasteiger partial charge < -0.3 is 9.30 Å². The number of imidazole rings is 1. The highest BCUT2D eigenvalue weighted by molar-refractivity contribution is 9.08. The van der Waals surface area contributed by atoms with Crippen molar-refractivity contribution in [2.24, 2.45) is 7.05 Å². The van der Waals surface area contributed by atoms with Crippen LogP contribution in [0, 0.1) is 5.82 Å². The Bertz CT molecular complexity index is 527. The highest BCUT2D eigenvalue weighted by Gasteiger charge is 2.05. The van der Waals surface area contributed by atoms with Crippen LogP contribution < -0.4 is 4.74 Å². The van der Waals surface area contributed by atoms with E-state index in [0.29, 0.717) is 18.4 Å². The molecule has 18 heavy (non-hydrogen) atoms. The maximum Gasteiger partial charge on any atom is 0.165 e. The standard InChI is InChI=1S/C13H14BrFN2O/c1-17-6-5-16-13(17)4-7-18-12-3-2-10(9-14)8-11(12)15/h2-3,5-6,8H,4,7,9H2,1H3. The molecule has 0 fully saturated rings. The summed E-state index contributed by atoms with van der Waals surface area (Å²) in [6, 6.07) is 4.98. The Kier molecular flexibility index (Phi) is 4.36. The minimum atomic E-state index is -0.327. The SMILES string of the molecule is Cn1ccnc1CCOc1ccc(CBr)cc1F. The van der Waals surface area contributed by atoms with Gasteiger partial charge in [-0.3, -0.25) is 0 Å². The van der Waals surface area contributed by atoms with Crippen LogP contribution in [0.1, 0.15) is 11.4 Å². The number of hydrogen-bond acceptors (Lipinski definition) is 2. The first-order chi connectivity index (χ1) is 8.70. The normalized spacial score (nSPS) is 10.6. The minimum Gasteiger partial charge on any atom is -0.490 e. The molecular formula is C13H14BrFN2O. The molecule has 0 saturated heterocycles. The fourth-order valence-corrected chi connectivity index (χ4v) is 1.98. The first kappa shape index (κ1) is 13.1. The van der Waals surface area contributed by atoms with Gasteiger partial charge in [0.2, 0.25) is 0 Å². The van der Waals surface area contributed by atoms with Gasteiger partial charge >= 0.3 is 0 Å². The zero-order chi connectivity index (χ0) is 13.0. The summed E-state index contributed by atoms with van der Waals surface area (Å²) in [4.78, 5) is 4.18. The summed E-state index contributed by atoms with van der Waals surface area (Å²) < 4.78 is 21.0. The van der Waals surface area contributed by atoms with Crippen molar-refractivity contribution in [2.45, 2.75) is 11.8 Å². The molecule has 0 bridgehead atoms. The molecule has 1 heterocycles. The Morgan fingerprint density at radius 1 is 1.44 bits per heavy atom. The Morgan fingerprint density at radius 2 is 2.28 bits per heavy atom. The smallest absolute Gasteiger partial charge is 0.165 e. The number of benzene rings is 1. The molecule has 0 aliphatic rings. The maximum atomic E-state index is 13.6. The summed E-state index contributed by atoms with van der Waals surface area (Å²) in [5, 5.41) is 0.636. The average molecular weight is 313 g/mol. The highest BCUT2D eigenvalue weighted by Crippen LogP contribution is 2.19. The third-order valence-corrected chi connectivity index (χ3v) is 3.30. The van der Waals surface area contributed by atoms with E-state index in [1.807, 2.05) is 23.9 Å². The number of aromatic nitrogens is 2. The number of nitrogens with zero attached hydrogens (tertiary/aromatic N) is 2. The molecule has 0 atom stereocenters. The van der Waals surface area contributed by atoms with Gasteiger partial charge in [-0.1, -0.05) is 22.0 Å². The summed E-state index contributed by atoms with van der Waals surface area (Å²) in [6.07, 6.45) is 4.27. The topological polar surface area (TPSA) is 27.1 Å². The van der Waals surface area contributed by atoms with Crippen LogP contribution >= 0.6 is 15.9 Å². The van der Waals surface area contributed by atoms with Gasteiger partial charge in [-0.15, -0.1) is 0 Å². The lowest BCUT2D eigenvalue weighted by Gasteiger charge is -2.08. The monoisotopic (exact) mass is 312 g/mol. The highest BCUT2D eigenvalue weighted by atomic mass is 79.9. The van der Waals surface area contributed by atoms with Crippen molar-refractivity contribution in [1.29, 1.82) is 0 Å². The predicted octanol–water partition coefficient (Wildman–Crippen LogP) is 3.08. The number of ether oxygens (including phenoxy) is 1. The Labute approximate surface area is 114 Å². The summed E-state index contributed by atoms with van der Waals surface area (Å²) in [5.74, 6) is 0.883. The van der Waals surface area contributed by atoms with Crippen LogP contribution in [0.15, 0.2) is 30.6 Å². The van der Waals surface area contributed by atoms with Gasteiger partial charge in [0.15, 0.2) is 11.6 Å². The van der Waals surface area contributed by atoms with Crippen molar-refractivity contribution in [3.63, 3.8) is 0 Å². The van der Waals surface area contributed by atoms with E-state index in [4.69, 9.17) is 4.74 Å². The van der Waals surface area contributed by atoms with E-state index in [1.165, 1.54) is 6.07 Å². The van der Waals surface area contributed by atoms with E-state index in [1.54, 1.807) is 12.3 Å². The first-order valence-corrected chi connectivity index (χ1v) is 6.76. The van der Waals surface area contributed by atoms with Gasteiger partial charge in [0.1, 0.15) is 5.82 Å². The molecule has 0 unspecified atom stereocenters. The van der Waals surface area contributed by atoms with E-state index in [0.717, 1.165) is 11.4 Å². The lowest BCUT2D eigenvalue weighted by Crippen LogP contribution is -2.07. The van der Waals surface area contributed by atoms with Crippen LogP contribution in [0.3, 0.4) is 0 Å². The van der Waals surface area contributed by atoms with Crippen LogP contribution in [0.2, 0.25) is 0 Å². The molecule has 1 aromatic carbocycles. The fraction of sp³-hybridized carbons (Fsp3) is 0.308. The largest absolute Gasteiger partial charge is 0.490 e. The average Bonchev–Trinajstić information content (AvgIpc) is 2.77. The van der Waals surface area contributed by atoms with Crippen LogP contribution in [0.25, 0.3) is 0 Å². The first-order valence-electron chi connectivity index (χ1n) is 5.64. The molecule has 0 radical (unpaired) electrons. The van der Waals surface area contributed by atoms with Gasteiger partial charge in [-0.2, -0.15) is 0 Å². The van der Waals surface area contributed by atoms with Crippen molar-refractivity contribution in [3.05, 3.63) is 47.8 Å². The Balaban J connectivity index is 1.92. The fourth-order valence-electron chi connectivity index (χ4n) is 1.63. The Hall–Kier alpha value is -1.36. The molecule has 0 spiro atoms. The molecule has 0 saturated carbocycles. The van der Waals surface area contributed by atoms with Gasteiger partial charge in [-0.25, -0.2) is 9.37 Å². The van der Waals surface area contributed by atoms with E-state index in [-0.39, 0.29) is 11.6 Å². The van der Waals surface area contributed by atoms with Crippen LogP contribution in [-0.4, -0.2) is 16.2 Å². The molecule has 2 aromatic rings. The number of alkyl halides is 1. The number of hydrogen-bond donors (Lipinski definition) is 0. The molecular weight excluding hydrogens is 299 g/mol. The maximum absolute atomic E-state index is 13.6. The summed E-state index contributed by atoms with van der Waals surface area (Å²) >= 11 is 3.28. The molecule has 0 N–H and O–H groups in total. The molecule has 0 aliphatic heterocycles. The molecule has 5 heteroatoms. The van der Waals surface area contributed by atoms with E-state index >= 15 is 0 Å². The predicted molar refractivity (Wildman–Crippen MR) is 71.4 cm³/mol. The third kappa shape index (κ3) is 3.10. The second kappa shape index (κ2) is 6.00. The molecule has 0 aliphatic carbocycles. The molecule has 96 valence electrons.